The Bertz CT molecular complexity index is 862. The number of ether oxygens (including phenoxy) is 1. The number of carbonyl (C=O) groups excluding carboxylic acids is 1. The number of hydrogen-bond acceptors (Lipinski definition) is 3. The quantitative estimate of drug-likeness (QED) is 0.667. The first-order chi connectivity index (χ1) is 12.5. The molecule has 1 amide bonds. The maximum absolute atomic E-state index is 12.7. The van der Waals surface area contributed by atoms with E-state index < -0.39 is 6.10 Å². The first-order valence-electron chi connectivity index (χ1n) is 8.29. The van der Waals surface area contributed by atoms with Gasteiger partial charge in [-0.25, -0.2) is 4.98 Å². The highest BCUT2D eigenvalue weighted by atomic mass is 79.9. The van der Waals surface area contributed by atoms with Gasteiger partial charge in [0.2, 0.25) is 0 Å². The van der Waals surface area contributed by atoms with Crippen molar-refractivity contribution in [1.29, 1.82) is 0 Å². The Balaban J connectivity index is 1.77. The molecule has 0 saturated carbocycles. The summed E-state index contributed by atoms with van der Waals surface area (Å²) in [5, 5.41) is 3.05. The molecule has 134 valence electrons. The summed E-state index contributed by atoms with van der Waals surface area (Å²) in [6.07, 6.45) is 2.95. The van der Waals surface area contributed by atoms with Crippen LogP contribution in [0, 0.1) is 0 Å². The summed E-state index contributed by atoms with van der Waals surface area (Å²) in [5.74, 6) is 1.20. The van der Waals surface area contributed by atoms with Gasteiger partial charge in [0.15, 0.2) is 6.10 Å². The van der Waals surface area contributed by atoms with Gasteiger partial charge in [-0.1, -0.05) is 46.3 Å². The lowest BCUT2D eigenvalue weighted by molar-refractivity contribution is -0.127. The number of aromatic nitrogens is 2. The zero-order valence-corrected chi connectivity index (χ0v) is 16.2. The predicted molar refractivity (Wildman–Crippen MR) is 104 cm³/mol. The molecule has 0 aliphatic heterocycles. The average molecular weight is 414 g/mol. The van der Waals surface area contributed by atoms with Gasteiger partial charge >= 0.3 is 0 Å². The van der Waals surface area contributed by atoms with E-state index in [1.54, 1.807) is 13.1 Å². The second-order valence-electron chi connectivity index (χ2n) is 5.96. The van der Waals surface area contributed by atoms with E-state index in [0.29, 0.717) is 5.75 Å². The fourth-order valence-electron chi connectivity index (χ4n) is 2.63. The van der Waals surface area contributed by atoms with Crippen LogP contribution in [-0.4, -0.2) is 21.6 Å². The summed E-state index contributed by atoms with van der Waals surface area (Å²) in [6, 6.07) is 16.8. The van der Waals surface area contributed by atoms with E-state index in [-0.39, 0.29) is 11.9 Å². The lowest BCUT2D eigenvalue weighted by Gasteiger charge is -2.22. The SMILES string of the molecule is C[C@@H](Oc1ccc(Br)cc1)C(=O)N[C@@H](c1ccccc1)c1nccn1C. The number of carbonyl (C=O) groups is 1. The molecule has 0 aliphatic rings. The molecule has 3 aromatic rings. The molecule has 1 N–H and O–H groups in total. The number of imidazole rings is 1. The van der Waals surface area contributed by atoms with Gasteiger partial charge in [0.05, 0.1) is 0 Å². The fourth-order valence-corrected chi connectivity index (χ4v) is 2.89. The van der Waals surface area contributed by atoms with Crippen LogP contribution in [0.3, 0.4) is 0 Å². The van der Waals surface area contributed by atoms with Crippen LogP contribution in [-0.2, 0) is 11.8 Å². The van der Waals surface area contributed by atoms with Crippen LogP contribution in [0.25, 0.3) is 0 Å². The van der Waals surface area contributed by atoms with Gasteiger partial charge in [0.1, 0.15) is 17.6 Å². The van der Waals surface area contributed by atoms with Crippen LogP contribution in [0.5, 0.6) is 5.75 Å². The molecule has 0 fully saturated rings. The molecule has 2 aromatic carbocycles. The van der Waals surface area contributed by atoms with Gasteiger partial charge in [-0.15, -0.1) is 0 Å². The molecule has 26 heavy (non-hydrogen) atoms. The predicted octanol–water partition coefficient (Wildman–Crippen LogP) is 3.86. The second kappa shape index (κ2) is 8.19. The Kier molecular flexibility index (Phi) is 5.73. The van der Waals surface area contributed by atoms with Crippen molar-refractivity contribution >= 4 is 21.8 Å². The van der Waals surface area contributed by atoms with E-state index in [4.69, 9.17) is 4.74 Å². The molecule has 2 atom stereocenters. The zero-order chi connectivity index (χ0) is 18.5. The number of nitrogens with one attached hydrogen (secondary N) is 1. The molecule has 0 aliphatic carbocycles. The Hall–Kier alpha value is -2.60. The van der Waals surface area contributed by atoms with Crippen LogP contribution in [0.15, 0.2) is 71.5 Å². The van der Waals surface area contributed by atoms with E-state index in [1.807, 2.05) is 72.4 Å². The minimum Gasteiger partial charge on any atom is -0.481 e. The summed E-state index contributed by atoms with van der Waals surface area (Å²) in [6.45, 7) is 1.73. The number of halogens is 1. The molecule has 3 rings (SSSR count). The van der Waals surface area contributed by atoms with Crippen LogP contribution in [0.1, 0.15) is 24.4 Å². The largest absolute Gasteiger partial charge is 0.481 e. The Morgan fingerprint density at radius 3 is 2.46 bits per heavy atom. The minimum atomic E-state index is -0.636. The third-order valence-corrected chi connectivity index (χ3v) is 4.56. The summed E-state index contributed by atoms with van der Waals surface area (Å²) in [5.41, 5.74) is 0.964. The fraction of sp³-hybridized carbons (Fsp3) is 0.200. The molecule has 1 aromatic heterocycles. The van der Waals surface area contributed by atoms with Crippen molar-refractivity contribution in [3.63, 3.8) is 0 Å². The summed E-state index contributed by atoms with van der Waals surface area (Å²) in [4.78, 5) is 17.1. The Morgan fingerprint density at radius 1 is 1.15 bits per heavy atom. The smallest absolute Gasteiger partial charge is 0.261 e. The molecule has 5 nitrogen and oxygen atoms in total. The summed E-state index contributed by atoms with van der Waals surface area (Å²) in [7, 11) is 1.91. The molecular formula is C20H20BrN3O2. The van der Waals surface area contributed by atoms with E-state index in [2.05, 4.69) is 26.2 Å². The molecule has 0 bridgehead atoms. The van der Waals surface area contributed by atoms with Crippen molar-refractivity contribution < 1.29 is 9.53 Å². The highest BCUT2D eigenvalue weighted by Gasteiger charge is 2.24. The van der Waals surface area contributed by atoms with Gasteiger partial charge in [0, 0.05) is 23.9 Å². The van der Waals surface area contributed by atoms with Crippen molar-refractivity contribution in [2.45, 2.75) is 19.1 Å². The van der Waals surface area contributed by atoms with E-state index in [0.717, 1.165) is 15.9 Å². The van der Waals surface area contributed by atoms with Crippen LogP contribution in [0.4, 0.5) is 0 Å². The normalized spacial score (nSPS) is 13.0. The van der Waals surface area contributed by atoms with Crippen molar-refractivity contribution in [3.8, 4) is 5.75 Å². The van der Waals surface area contributed by atoms with Gasteiger partial charge < -0.3 is 14.6 Å². The minimum absolute atomic E-state index is 0.204. The molecule has 0 spiro atoms. The molecule has 0 radical (unpaired) electrons. The molecule has 6 heteroatoms. The first-order valence-corrected chi connectivity index (χ1v) is 9.08. The highest BCUT2D eigenvalue weighted by Crippen LogP contribution is 2.21. The molecular weight excluding hydrogens is 394 g/mol. The monoisotopic (exact) mass is 413 g/mol. The van der Waals surface area contributed by atoms with Gasteiger partial charge in [-0.2, -0.15) is 0 Å². The second-order valence-corrected chi connectivity index (χ2v) is 6.88. The lowest BCUT2D eigenvalue weighted by Crippen LogP contribution is -2.39. The Morgan fingerprint density at radius 2 is 1.85 bits per heavy atom. The molecule has 0 saturated heterocycles. The van der Waals surface area contributed by atoms with Crippen molar-refractivity contribution in [3.05, 3.63) is 82.9 Å². The van der Waals surface area contributed by atoms with E-state index in [9.17, 15) is 4.79 Å². The van der Waals surface area contributed by atoms with Crippen molar-refractivity contribution in [2.75, 3.05) is 0 Å². The summed E-state index contributed by atoms with van der Waals surface area (Å²) >= 11 is 3.38. The topological polar surface area (TPSA) is 56.1 Å². The van der Waals surface area contributed by atoms with Gasteiger partial charge in [-0.3, -0.25) is 4.79 Å². The number of amides is 1. The number of aryl methyl sites for hydroxylation is 1. The highest BCUT2D eigenvalue weighted by molar-refractivity contribution is 9.10. The number of nitrogens with zero attached hydrogens (tertiary/aromatic N) is 2. The van der Waals surface area contributed by atoms with E-state index >= 15 is 0 Å². The zero-order valence-electron chi connectivity index (χ0n) is 14.6. The summed E-state index contributed by atoms with van der Waals surface area (Å²) < 4.78 is 8.62. The third-order valence-electron chi connectivity index (χ3n) is 4.03. The van der Waals surface area contributed by atoms with Crippen LogP contribution < -0.4 is 10.1 Å². The van der Waals surface area contributed by atoms with Crippen molar-refractivity contribution in [2.24, 2.45) is 7.05 Å². The van der Waals surface area contributed by atoms with Gasteiger partial charge in [0.25, 0.3) is 5.91 Å². The first kappa shape index (κ1) is 18.2. The van der Waals surface area contributed by atoms with E-state index in [1.165, 1.54) is 0 Å². The van der Waals surface area contributed by atoms with Gasteiger partial charge in [-0.05, 0) is 36.8 Å². The number of rotatable bonds is 6. The number of benzene rings is 2. The third kappa shape index (κ3) is 4.32. The lowest BCUT2D eigenvalue weighted by atomic mass is 10.1. The molecule has 1 heterocycles. The van der Waals surface area contributed by atoms with Crippen LogP contribution in [0.2, 0.25) is 0 Å². The maximum Gasteiger partial charge on any atom is 0.261 e. The number of hydrogen-bond donors (Lipinski definition) is 1. The Labute approximate surface area is 161 Å². The van der Waals surface area contributed by atoms with Crippen LogP contribution >= 0.6 is 15.9 Å². The van der Waals surface area contributed by atoms with Crippen molar-refractivity contribution in [1.82, 2.24) is 14.9 Å². The standard InChI is InChI=1S/C20H20BrN3O2/c1-14(26-17-10-8-16(21)9-11-17)20(25)23-18(15-6-4-3-5-7-15)19-22-12-13-24(19)2/h3-14,18H,1-2H3,(H,23,25)/t14-,18+/m1/s1. The maximum atomic E-state index is 12.7. The average Bonchev–Trinajstić information content (AvgIpc) is 3.07. The molecule has 0 unspecified atom stereocenters.